The van der Waals surface area contributed by atoms with Gasteiger partial charge in [-0.3, -0.25) is 0 Å². The number of carboxylic acid groups (broad SMARTS) is 1. The Kier molecular flexibility index (Phi) is 2.68. The average Bonchev–Trinajstić information content (AvgIpc) is 2.01. The van der Waals surface area contributed by atoms with Crippen molar-refractivity contribution in [3.8, 4) is 0 Å². The summed E-state index contributed by atoms with van der Waals surface area (Å²) >= 11 is 11.4. The van der Waals surface area contributed by atoms with Crippen molar-refractivity contribution in [1.29, 1.82) is 0 Å². The maximum absolute atomic E-state index is 10.7. The molecular formula is C8H7Cl2NO2. The van der Waals surface area contributed by atoms with Gasteiger partial charge in [-0.25, -0.2) is 4.79 Å². The fourth-order valence-electron chi connectivity index (χ4n) is 0.975. The van der Waals surface area contributed by atoms with Crippen LogP contribution in [0.5, 0.6) is 0 Å². The molecule has 3 nitrogen and oxygen atoms in total. The van der Waals surface area contributed by atoms with E-state index in [0.717, 1.165) is 0 Å². The normalized spacial score (nSPS) is 10.1. The molecule has 3 N–H and O–H groups in total. The Morgan fingerprint density at radius 2 is 2.08 bits per heavy atom. The highest BCUT2D eigenvalue weighted by atomic mass is 35.5. The van der Waals surface area contributed by atoms with Crippen LogP contribution in [0.2, 0.25) is 10.0 Å². The number of halogens is 2. The lowest BCUT2D eigenvalue weighted by molar-refractivity contribution is 0.0698. The second-order valence-corrected chi connectivity index (χ2v) is 3.37. The number of hydrogen-bond donors (Lipinski definition) is 2. The van der Waals surface area contributed by atoms with Gasteiger partial charge in [-0.1, -0.05) is 23.2 Å². The molecule has 0 aliphatic carbocycles. The van der Waals surface area contributed by atoms with Crippen LogP contribution in [0.15, 0.2) is 6.07 Å². The molecule has 0 spiro atoms. The first-order valence-electron chi connectivity index (χ1n) is 3.42. The van der Waals surface area contributed by atoms with Crippen molar-refractivity contribution in [1.82, 2.24) is 0 Å². The smallest absolute Gasteiger partial charge is 0.339 e. The standard InChI is InChI=1S/C8H7Cl2NO2/c1-3-2-4(9)7(11)5(6(3)10)8(12)13/h2H,11H2,1H3,(H,12,13). The van der Waals surface area contributed by atoms with Crippen molar-refractivity contribution in [2.45, 2.75) is 6.92 Å². The lowest BCUT2D eigenvalue weighted by Gasteiger charge is -2.07. The van der Waals surface area contributed by atoms with Gasteiger partial charge in [0, 0.05) is 0 Å². The number of nitrogens with two attached hydrogens (primary N) is 1. The van der Waals surface area contributed by atoms with Crippen molar-refractivity contribution in [3.63, 3.8) is 0 Å². The molecule has 70 valence electrons. The van der Waals surface area contributed by atoms with E-state index in [-0.39, 0.29) is 21.3 Å². The Morgan fingerprint density at radius 1 is 1.54 bits per heavy atom. The number of aromatic carboxylic acids is 1. The van der Waals surface area contributed by atoms with Gasteiger partial charge in [-0.2, -0.15) is 0 Å². The van der Waals surface area contributed by atoms with Crippen LogP contribution in [0, 0.1) is 6.92 Å². The lowest BCUT2D eigenvalue weighted by atomic mass is 10.1. The summed E-state index contributed by atoms with van der Waals surface area (Å²) in [6.45, 7) is 1.67. The van der Waals surface area contributed by atoms with Gasteiger partial charge in [-0.15, -0.1) is 0 Å². The second-order valence-electron chi connectivity index (χ2n) is 2.58. The van der Waals surface area contributed by atoms with E-state index < -0.39 is 5.97 Å². The summed E-state index contributed by atoms with van der Waals surface area (Å²) in [6, 6.07) is 1.53. The molecule has 0 unspecified atom stereocenters. The molecule has 1 rings (SSSR count). The average molecular weight is 220 g/mol. The first kappa shape index (κ1) is 10.2. The molecule has 1 aromatic carbocycles. The molecule has 0 bridgehead atoms. The van der Waals surface area contributed by atoms with Gasteiger partial charge in [-0.05, 0) is 18.6 Å². The largest absolute Gasteiger partial charge is 0.478 e. The Labute approximate surface area is 85.1 Å². The summed E-state index contributed by atoms with van der Waals surface area (Å²) in [6.07, 6.45) is 0. The zero-order chi connectivity index (χ0) is 10.2. The summed E-state index contributed by atoms with van der Waals surface area (Å²) in [5.74, 6) is -1.17. The third-order valence-electron chi connectivity index (χ3n) is 1.65. The van der Waals surface area contributed by atoms with Crippen LogP contribution in [0.1, 0.15) is 15.9 Å². The van der Waals surface area contributed by atoms with Crippen LogP contribution in [-0.4, -0.2) is 11.1 Å². The quantitative estimate of drug-likeness (QED) is 0.715. The Morgan fingerprint density at radius 3 is 2.54 bits per heavy atom. The highest BCUT2D eigenvalue weighted by Crippen LogP contribution is 2.32. The van der Waals surface area contributed by atoms with Crippen LogP contribution in [0.25, 0.3) is 0 Å². The maximum atomic E-state index is 10.7. The number of hydrogen-bond acceptors (Lipinski definition) is 2. The molecule has 0 atom stereocenters. The van der Waals surface area contributed by atoms with E-state index in [9.17, 15) is 4.79 Å². The molecule has 0 amide bonds. The third kappa shape index (κ3) is 1.71. The fraction of sp³-hybridized carbons (Fsp3) is 0.125. The van der Waals surface area contributed by atoms with Gasteiger partial charge in [0.15, 0.2) is 0 Å². The van der Waals surface area contributed by atoms with Gasteiger partial charge in [0.25, 0.3) is 0 Å². The van der Waals surface area contributed by atoms with Crippen molar-refractivity contribution < 1.29 is 9.90 Å². The lowest BCUT2D eigenvalue weighted by Crippen LogP contribution is -2.05. The molecular weight excluding hydrogens is 213 g/mol. The van der Waals surface area contributed by atoms with Crippen molar-refractivity contribution in [3.05, 3.63) is 27.2 Å². The molecule has 0 fully saturated rings. The Balaban J connectivity index is 3.56. The molecule has 1 aromatic rings. The molecule has 0 saturated heterocycles. The molecule has 0 aliphatic heterocycles. The van der Waals surface area contributed by atoms with E-state index in [1.807, 2.05) is 0 Å². The molecule has 13 heavy (non-hydrogen) atoms. The van der Waals surface area contributed by atoms with E-state index >= 15 is 0 Å². The van der Waals surface area contributed by atoms with Crippen LogP contribution in [-0.2, 0) is 0 Å². The summed E-state index contributed by atoms with van der Waals surface area (Å²) in [5, 5.41) is 9.11. The predicted octanol–water partition coefficient (Wildman–Crippen LogP) is 2.58. The Bertz CT molecular complexity index is 351. The van der Waals surface area contributed by atoms with Gasteiger partial charge in [0.05, 0.1) is 15.7 Å². The summed E-state index contributed by atoms with van der Waals surface area (Å²) < 4.78 is 0. The van der Waals surface area contributed by atoms with E-state index in [1.165, 1.54) is 6.07 Å². The van der Waals surface area contributed by atoms with Crippen molar-refractivity contribution in [2.24, 2.45) is 0 Å². The van der Waals surface area contributed by atoms with Crippen molar-refractivity contribution >= 4 is 34.9 Å². The minimum atomic E-state index is -1.17. The first-order chi connectivity index (χ1) is 5.95. The fourth-order valence-corrected chi connectivity index (χ4v) is 1.47. The second kappa shape index (κ2) is 3.44. The van der Waals surface area contributed by atoms with E-state index in [1.54, 1.807) is 6.92 Å². The summed E-state index contributed by atoms with van der Waals surface area (Å²) in [7, 11) is 0. The third-order valence-corrected chi connectivity index (χ3v) is 2.45. The summed E-state index contributed by atoms with van der Waals surface area (Å²) in [5.41, 5.74) is 5.92. The monoisotopic (exact) mass is 219 g/mol. The zero-order valence-electron chi connectivity index (χ0n) is 6.77. The number of aryl methyl sites for hydroxylation is 1. The van der Waals surface area contributed by atoms with Crippen molar-refractivity contribution in [2.75, 3.05) is 5.73 Å². The number of nitrogen functional groups attached to an aromatic ring is 1. The topological polar surface area (TPSA) is 63.3 Å². The number of anilines is 1. The van der Waals surface area contributed by atoms with Gasteiger partial charge in [0.1, 0.15) is 5.56 Å². The van der Waals surface area contributed by atoms with Gasteiger partial charge < -0.3 is 10.8 Å². The molecule has 0 radical (unpaired) electrons. The van der Waals surface area contributed by atoms with E-state index in [2.05, 4.69) is 0 Å². The molecule has 0 saturated carbocycles. The Hall–Kier alpha value is -0.930. The maximum Gasteiger partial charge on any atom is 0.339 e. The summed E-state index contributed by atoms with van der Waals surface area (Å²) in [4.78, 5) is 10.7. The molecule has 5 heteroatoms. The number of rotatable bonds is 1. The number of carbonyl (C=O) groups is 1. The minimum absolute atomic E-state index is 0.00441. The zero-order valence-corrected chi connectivity index (χ0v) is 8.28. The number of carboxylic acids is 1. The van der Waals surface area contributed by atoms with Gasteiger partial charge in [0.2, 0.25) is 0 Å². The number of benzene rings is 1. The molecule has 0 aliphatic rings. The van der Waals surface area contributed by atoms with Gasteiger partial charge >= 0.3 is 5.97 Å². The SMILES string of the molecule is Cc1cc(Cl)c(N)c(C(=O)O)c1Cl. The van der Waals surface area contributed by atoms with E-state index in [4.69, 9.17) is 34.0 Å². The molecule has 0 aromatic heterocycles. The minimum Gasteiger partial charge on any atom is -0.478 e. The predicted molar refractivity (Wildman–Crippen MR) is 52.6 cm³/mol. The van der Waals surface area contributed by atoms with E-state index in [0.29, 0.717) is 5.56 Å². The first-order valence-corrected chi connectivity index (χ1v) is 4.18. The van der Waals surface area contributed by atoms with Crippen LogP contribution >= 0.6 is 23.2 Å². The highest BCUT2D eigenvalue weighted by molar-refractivity contribution is 6.38. The van der Waals surface area contributed by atoms with Crippen LogP contribution in [0.3, 0.4) is 0 Å². The highest BCUT2D eigenvalue weighted by Gasteiger charge is 2.17. The van der Waals surface area contributed by atoms with Crippen LogP contribution < -0.4 is 5.73 Å². The van der Waals surface area contributed by atoms with Crippen LogP contribution in [0.4, 0.5) is 5.69 Å². The molecule has 0 heterocycles.